The van der Waals surface area contributed by atoms with Gasteiger partial charge < -0.3 is 15.1 Å². The average molecular weight is 364 g/mol. The lowest BCUT2D eigenvalue weighted by Crippen LogP contribution is -2.68. The second-order valence-electron chi connectivity index (χ2n) is 8.72. The molecule has 5 nitrogen and oxygen atoms in total. The number of benzene rings is 1. The van der Waals surface area contributed by atoms with Crippen molar-refractivity contribution in [3.05, 3.63) is 52.8 Å². The summed E-state index contributed by atoms with van der Waals surface area (Å²) in [6.45, 7) is 13.2. The van der Waals surface area contributed by atoms with Crippen molar-refractivity contribution in [2.45, 2.75) is 32.2 Å². The standard InChI is InChI=1S/C22H29N5/c1-15-16(2)23-21(24-17(15)3)25-20-18-11-26-9-10-27(12-18)14-22(20,13-26)19-7-5-4-6-8-19/h4-8,18,20H,9-14H2,1-3H3,(H,23,24,25). The predicted molar refractivity (Wildman–Crippen MR) is 108 cm³/mol. The number of anilines is 1. The quantitative estimate of drug-likeness (QED) is 0.907. The molecule has 1 aromatic heterocycles. The van der Waals surface area contributed by atoms with E-state index in [0.717, 1.165) is 30.4 Å². The molecule has 0 amide bonds. The van der Waals surface area contributed by atoms with Gasteiger partial charge in [-0.1, -0.05) is 30.3 Å². The highest BCUT2D eigenvalue weighted by molar-refractivity contribution is 5.41. The lowest BCUT2D eigenvalue weighted by atomic mass is 9.64. The van der Waals surface area contributed by atoms with Crippen LogP contribution in [0.5, 0.6) is 0 Å². The molecular weight excluding hydrogens is 334 g/mol. The Balaban J connectivity index is 1.58. The van der Waals surface area contributed by atoms with Crippen LogP contribution in [0.1, 0.15) is 22.5 Å². The SMILES string of the molecule is Cc1nc(NC2C3CN4CCN(C3)CC2(c2ccccc2)C4)nc(C)c1C. The van der Waals surface area contributed by atoms with Crippen molar-refractivity contribution in [1.82, 2.24) is 19.8 Å². The topological polar surface area (TPSA) is 44.3 Å². The van der Waals surface area contributed by atoms with Crippen LogP contribution in [0.15, 0.2) is 30.3 Å². The van der Waals surface area contributed by atoms with Gasteiger partial charge in [-0.15, -0.1) is 0 Å². The summed E-state index contributed by atoms with van der Waals surface area (Å²) in [5.74, 6) is 1.40. The van der Waals surface area contributed by atoms with E-state index in [2.05, 4.69) is 66.2 Å². The van der Waals surface area contributed by atoms with Gasteiger partial charge in [-0.3, -0.25) is 0 Å². The molecule has 2 aromatic rings. The highest BCUT2D eigenvalue weighted by Gasteiger charge is 2.55. The van der Waals surface area contributed by atoms with Crippen molar-refractivity contribution < 1.29 is 0 Å². The molecule has 1 aromatic carbocycles. The van der Waals surface area contributed by atoms with Gasteiger partial charge in [-0.05, 0) is 31.9 Å². The van der Waals surface area contributed by atoms with Gasteiger partial charge in [-0.25, -0.2) is 9.97 Å². The first-order valence-corrected chi connectivity index (χ1v) is 10.1. The maximum atomic E-state index is 4.78. The molecule has 0 saturated carbocycles. The predicted octanol–water partition coefficient (Wildman–Crippen LogP) is 2.38. The van der Waals surface area contributed by atoms with Gasteiger partial charge in [0, 0.05) is 68.0 Å². The van der Waals surface area contributed by atoms with Crippen molar-refractivity contribution in [3.8, 4) is 0 Å². The van der Waals surface area contributed by atoms with E-state index in [9.17, 15) is 0 Å². The number of aryl methyl sites for hydroxylation is 2. The summed E-state index contributed by atoms with van der Waals surface area (Å²) in [5, 5.41) is 3.82. The molecule has 0 spiro atoms. The third-order valence-corrected chi connectivity index (χ3v) is 7.06. The molecule has 27 heavy (non-hydrogen) atoms. The lowest BCUT2D eigenvalue weighted by molar-refractivity contribution is 0.0436. The fraction of sp³-hybridized carbons (Fsp3) is 0.545. The lowest BCUT2D eigenvalue weighted by Gasteiger charge is -2.55. The van der Waals surface area contributed by atoms with Gasteiger partial charge in [0.05, 0.1) is 0 Å². The van der Waals surface area contributed by atoms with Crippen molar-refractivity contribution >= 4 is 5.95 Å². The van der Waals surface area contributed by atoms with E-state index in [1.807, 2.05) is 0 Å². The molecule has 4 aliphatic heterocycles. The zero-order chi connectivity index (χ0) is 18.6. The van der Waals surface area contributed by atoms with E-state index in [4.69, 9.17) is 9.97 Å². The first-order chi connectivity index (χ1) is 13.0. The number of fused-ring (bicyclic) bond motifs is 1. The maximum absolute atomic E-state index is 4.78. The summed E-state index contributed by atoms with van der Waals surface area (Å²) in [4.78, 5) is 14.9. The van der Waals surface area contributed by atoms with Crippen LogP contribution in [-0.2, 0) is 5.41 Å². The zero-order valence-electron chi connectivity index (χ0n) is 16.6. The fourth-order valence-electron chi connectivity index (χ4n) is 5.54. The molecule has 1 N–H and O–H groups in total. The number of piperidine rings is 2. The molecule has 6 rings (SSSR count). The number of aromatic nitrogens is 2. The van der Waals surface area contributed by atoms with E-state index in [0.29, 0.717) is 12.0 Å². The minimum absolute atomic E-state index is 0.0922. The Morgan fingerprint density at radius 1 is 0.926 bits per heavy atom. The summed E-state index contributed by atoms with van der Waals surface area (Å²) in [6.07, 6.45) is 0. The molecule has 5 heteroatoms. The van der Waals surface area contributed by atoms with Crippen LogP contribution in [0.25, 0.3) is 0 Å². The normalized spacial score (nSPS) is 34.5. The van der Waals surface area contributed by atoms with Gasteiger partial charge in [0.15, 0.2) is 0 Å². The highest BCUT2D eigenvalue weighted by Crippen LogP contribution is 2.44. The van der Waals surface area contributed by atoms with Gasteiger partial charge >= 0.3 is 0 Å². The monoisotopic (exact) mass is 363 g/mol. The third-order valence-electron chi connectivity index (χ3n) is 7.06. The average Bonchev–Trinajstić information content (AvgIpc) is 2.91. The van der Waals surface area contributed by atoms with Crippen LogP contribution < -0.4 is 5.32 Å². The summed E-state index contributed by atoms with van der Waals surface area (Å²) >= 11 is 0. The van der Waals surface area contributed by atoms with Crippen LogP contribution >= 0.6 is 0 Å². The van der Waals surface area contributed by atoms with Crippen LogP contribution in [-0.4, -0.2) is 65.1 Å². The highest BCUT2D eigenvalue weighted by atomic mass is 15.3. The van der Waals surface area contributed by atoms with Crippen LogP contribution in [0.3, 0.4) is 0 Å². The van der Waals surface area contributed by atoms with E-state index in [1.165, 1.54) is 37.3 Å². The van der Waals surface area contributed by atoms with Crippen molar-refractivity contribution in [3.63, 3.8) is 0 Å². The fourth-order valence-corrected chi connectivity index (χ4v) is 5.54. The van der Waals surface area contributed by atoms with E-state index < -0.39 is 0 Å². The minimum Gasteiger partial charge on any atom is -0.350 e. The van der Waals surface area contributed by atoms with Gasteiger partial charge in [0.2, 0.25) is 5.95 Å². The van der Waals surface area contributed by atoms with Crippen molar-refractivity contribution in [2.75, 3.05) is 44.6 Å². The second-order valence-corrected chi connectivity index (χ2v) is 8.72. The van der Waals surface area contributed by atoms with Crippen LogP contribution in [0.2, 0.25) is 0 Å². The van der Waals surface area contributed by atoms with E-state index >= 15 is 0 Å². The summed E-state index contributed by atoms with van der Waals surface area (Å²) < 4.78 is 0. The van der Waals surface area contributed by atoms with E-state index in [-0.39, 0.29) is 5.41 Å². The molecule has 142 valence electrons. The number of nitrogens with zero attached hydrogens (tertiary/aromatic N) is 4. The molecule has 3 atom stereocenters. The molecule has 5 heterocycles. The Morgan fingerprint density at radius 2 is 1.52 bits per heavy atom. The van der Waals surface area contributed by atoms with Gasteiger partial charge in [0.1, 0.15) is 0 Å². The Labute approximate surface area is 161 Å². The first kappa shape index (κ1) is 17.1. The molecule has 0 radical (unpaired) electrons. The minimum atomic E-state index is 0.0922. The van der Waals surface area contributed by atoms with Gasteiger partial charge in [-0.2, -0.15) is 0 Å². The molecule has 4 aliphatic rings. The third kappa shape index (κ3) is 2.75. The number of rotatable bonds is 3. The van der Waals surface area contributed by atoms with Crippen LogP contribution in [0, 0.1) is 26.7 Å². The van der Waals surface area contributed by atoms with Crippen molar-refractivity contribution in [2.24, 2.45) is 5.92 Å². The largest absolute Gasteiger partial charge is 0.350 e. The Bertz CT molecular complexity index is 810. The van der Waals surface area contributed by atoms with Gasteiger partial charge in [0.25, 0.3) is 0 Å². The Morgan fingerprint density at radius 3 is 2.11 bits per heavy atom. The molecule has 4 bridgehead atoms. The molecule has 0 aliphatic carbocycles. The number of hydrogen-bond acceptors (Lipinski definition) is 5. The molecular formula is C22H29N5. The molecule has 3 unspecified atom stereocenters. The smallest absolute Gasteiger partial charge is 0.223 e. The molecule has 4 fully saturated rings. The van der Waals surface area contributed by atoms with E-state index in [1.54, 1.807) is 0 Å². The second kappa shape index (κ2) is 6.28. The Kier molecular flexibility index (Phi) is 3.99. The van der Waals surface area contributed by atoms with Crippen LogP contribution in [0.4, 0.5) is 5.95 Å². The zero-order valence-corrected chi connectivity index (χ0v) is 16.6. The summed E-state index contributed by atoms with van der Waals surface area (Å²) in [7, 11) is 0. The number of hydrogen-bond donors (Lipinski definition) is 1. The maximum Gasteiger partial charge on any atom is 0.223 e. The number of nitrogens with one attached hydrogen (secondary N) is 1. The summed E-state index contributed by atoms with van der Waals surface area (Å²) in [6, 6.07) is 11.5. The Hall–Kier alpha value is -1.98. The summed E-state index contributed by atoms with van der Waals surface area (Å²) in [5.41, 5.74) is 4.89. The molecule has 4 saturated heterocycles. The first-order valence-electron chi connectivity index (χ1n) is 10.1. The van der Waals surface area contributed by atoms with Crippen molar-refractivity contribution in [1.29, 1.82) is 0 Å².